The van der Waals surface area contributed by atoms with Gasteiger partial charge in [0.15, 0.2) is 0 Å². The molecule has 2 heterocycles. The predicted molar refractivity (Wildman–Crippen MR) is 126 cm³/mol. The summed E-state index contributed by atoms with van der Waals surface area (Å²) < 4.78 is 0. The minimum Gasteiger partial charge on any atom is -0.674 e. The summed E-state index contributed by atoms with van der Waals surface area (Å²) in [5.74, 6) is 0. The summed E-state index contributed by atoms with van der Waals surface area (Å²) in [6, 6.07) is 30.0. The smallest absolute Gasteiger partial charge is 0.674 e. The maximum Gasteiger partial charge on any atom is 1.00 e. The van der Waals surface area contributed by atoms with Gasteiger partial charge in [0.1, 0.15) is 0 Å². The Bertz CT molecular complexity index is 1220. The molecule has 0 amide bonds. The van der Waals surface area contributed by atoms with Crippen LogP contribution in [-0.2, 0) is 0 Å². The van der Waals surface area contributed by atoms with Gasteiger partial charge in [-0.05, 0) is 21.9 Å². The Morgan fingerprint density at radius 2 is 0.938 bits per heavy atom. The Balaban J connectivity index is 0.00000122. The van der Waals surface area contributed by atoms with Crippen molar-refractivity contribution in [3.05, 3.63) is 130 Å². The van der Waals surface area contributed by atoms with Crippen LogP contribution < -0.4 is 37.7 Å². The van der Waals surface area contributed by atoms with Gasteiger partial charge < -0.3 is 10.6 Å². The monoisotopic (exact) mass is 398 g/mol. The maximum atomic E-state index is 4.92. The van der Waals surface area contributed by atoms with E-state index >= 15 is 0 Å². The second-order valence-electron chi connectivity index (χ2n) is 7.85. The van der Waals surface area contributed by atoms with Crippen molar-refractivity contribution in [3.63, 3.8) is 0 Å². The van der Waals surface area contributed by atoms with Crippen molar-refractivity contribution < 1.29 is 37.7 Å². The van der Waals surface area contributed by atoms with Crippen LogP contribution in [0.1, 0.15) is 34.3 Å². The molecule has 0 N–H and O–H groups in total. The van der Waals surface area contributed by atoms with E-state index in [0.29, 0.717) is 0 Å². The van der Waals surface area contributed by atoms with Gasteiger partial charge in [0.2, 0.25) is 0 Å². The molecule has 4 heteroatoms. The van der Waals surface area contributed by atoms with Crippen LogP contribution in [0.15, 0.2) is 97.1 Å². The molecule has 4 aromatic rings. The fourth-order valence-electron chi connectivity index (χ4n) is 4.29. The van der Waals surface area contributed by atoms with Crippen LogP contribution in [-0.4, -0.2) is 0 Å². The first-order valence-corrected chi connectivity index (χ1v) is 10.3. The second kappa shape index (κ2) is 9.50. The Hall–Kier alpha value is -2.59. The molecule has 0 spiro atoms. The van der Waals surface area contributed by atoms with Gasteiger partial charge in [0, 0.05) is 0 Å². The molecule has 32 heavy (non-hydrogen) atoms. The first-order chi connectivity index (χ1) is 14.8. The van der Waals surface area contributed by atoms with E-state index in [1.165, 1.54) is 33.0 Å². The van der Waals surface area contributed by atoms with E-state index in [0.717, 1.165) is 11.4 Å². The van der Waals surface area contributed by atoms with Gasteiger partial charge in [0.05, 0.1) is 0 Å². The molecule has 0 aliphatic carbocycles. The molecule has 0 saturated carbocycles. The van der Waals surface area contributed by atoms with Crippen LogP contribution >= 0.6 is 0 Å². The normalized spacial score (nSPS) is 17.8. The van der Waals surface area contributed by atoms with Crippen LogP contribution in [0.2, 0.25) is 0 Å². The molecule has 4 aromatic carbocycles. The quantitative estimate of drug-likeness (QED) is 0.464. The van der Waals surface area contributed by atoms with Crippen LogP contribution in [0.5, 0.6) is 0 Å². The van der Waals surface area contributed by atoms with Gasteiger partial charge in [-0.15, -0.1) is 11.4 Å². The number of hydrogen-bond acceptors (Lipinski definition) is 0. The fourth-order valence-corrected chi connectivity index (χ4v) is 4.29. The summed E-state index contributed by atoms with van der Waals surface area (Å²) in [5.41, 5.74) is 6.93. The zero-order chi connectivity index (χ0) is 19.9. The minimum absolute atomic E-state index is 0. The third kappa shape index (κ3) is 4.21. The summed E-state index contributed by atoms with van der Waals surface area (Å²) in [5, 5.41) is 12.3. The summed E-state index contributed by atoms with van der Waals surface area (Å²) >= 11 is 0. The van der Waals surface area contributed by atoms with E-state index in [1.807, 2.05) is 12.1 Å². The number of hydrogen-bond donors (Lipinski definition) is 0. The Kier molecular flexibility index (Phi) is 6.71. The van der Waals surface area contributed by atoms with Crippen molar-refractivity contribution in [1.29, 1.82) is 0 Å². The van der Waals surface area contributed by atoms with Gasteiger partial charge in [-0.2, -0.15) is 0 Å². The molecule has 2 atom stereocenters. The van der Waals surface area contributed by atoms with E-state index in [2.05, 4.69) is 97.1 Å². The van der Waals surface area contributed by atoms with Crippen LogP contribution in [0.3, 0.4) is 0 Å². The second-order valence-corrected chi connectivity index (χ2v) is 7.85. The molecule has 2 aliphatic rings. The summed E-state index contributed by atoms with van der Waals surface area (Å²) in [4.78, 5) is 0. The van der Waals surface area contributed by atoms with Crippen molar-refractivity contribution in [3.8, 4) is 0 Å². The summed E-state index contributed by atoms with van der Waals surface area (Å²) in [7, 11) is 0. The van der Waals surface area contributed by atoms with E-state index in [1.54, 1.807) is 0 Å². The van der Waals surface area contributed by atoms with Gasteiger partial charge in [-0.3, -0.25) is 0 Å². The molecule has 144 valence electrons. The molecular formula is C28H20Li2N2. The van der Waals surface area contributed by atoms with Crippen molar-refractivity contribution in [2.75, 3.05) is 0 Å². The van der Waals surface area contributed by atoms with E-state index in [4.69, 9.17) is 10.6 Å². The van der Waals surface area contributed by atoms with Gasteiger partial charge in [0.25, 0.3) is 0 Å². The summed E-state index contributed by atoms with van der Waals surface area (Å²) in [6.45, 7) is 0. The maximum absolute atomic E-state index is 4.92. The van der Waals surface area contributed by atoms with Crippen LogP contribution in [0.25, 0.3) is 33.6 Å². The van der Waals surface area contributed by atoms with Gasteiger partial charge in [-0.25, -0.2) is 0 Å². The van der Waals surface area contributed by atoms with Crippen molar-refractivity contribution >= 4 is 34.3 Å². The Morgan fingerprint density at radius 3 is 1.41 bits per heavy atom. The van der Waals surface area contributed by atoms with Crippen LogP contribution in [0, 0.1) is 0 Å². The molecule has 0 bridgehead atoms. The standard InChI is InChI=1S/C28H20N2.2Li/c1-3-7-25-19(5-1)13-15-27(29-25)23-11-9-22-18-24(12-10-21(22)17-23)28-16-14-20-6-2-4-8-26(20)30-28;;/h1-18,27-28H;;/q-2;2*+1. The number of benzene rings is 4. The molecule has 2 aliphatic heterocycles. The third-order valence-corrected chi connectivity index (χ3v) is 5.92. The number of nitrogens with zero attached hydrogens (tertiary/aromatic N) is 2. The number of rotatable bonds is 2. The van der Waals surface area contributed by atoms with Crippen molar-refractivity contribution in [1.82, 2.24) is 0 Å². The topological polar surface area (TPSA) is 28.2 Å². The van der Waals surface area contributed by atoms with Gasteiger partial charge in [-0.1, -0.05) is 132 Å². The molecule has 2 unspecified atom stereocenters. The van der Waals surface area contributed by atoms with E-state index in [-0.39, 0.29) is 49.8 Å². The first kappa shape index (κ1) is 22.6. The molecule has 2 nitrogen and oxygen atoms in total. The fraction of sp³-hybridized carbons (Fsp3) is 0.0714. The molecule has 0 aromatic heterocycles. The number of fused-ring (bicyclic) bond motifs is 3. The largest absolute Gasteiger partial charge is 1.00 e. The minimum atomic E-state index is 0. The van der Waals surface area contributed by atoms with Gasteiger partial charge >= 0.3 is 37.7 Å². The van der Waals surface area contributed by atoms with E-state index in [9.17, 15) is 0 Å². The average Bonchev–Trinajstić information content (AvgIpc) is 2.83. The third-order valence-electron chi connectivity index (χ3n) is 5.92. The van der Waals surface area contributed by atoms with Crippen molar-refractivity contribution in [2.45, 2.75) is 12.1 Å². The molecule has 0 radical (unpaired) electrons. The zero-order valence-corrected chi connectivity index (χ0v) is 18.4. The SMILES string of the molecule is C1=CC(c2ccc3cc(C4C=Cc5ccccc5[N-]4)ccc3c2)[N-]c2ccccc21.[Li+].[Li+]. The first-order valence-electron chi connectivity index (χ1n) is 10.3. The van der Waals surface area contributed by atoms with E-state index < -0.39 is 0 Å². The van der Waals surface area contributed by atoms with Crippen LogP contribution in [0.4, 0.5) is 11.4 Å². The average molecular weight is 398 g/mol. The summed E-state index contributed by atoms with van der Waals surface area (Å²) in [6.07, 6.45) is 8.71. The molecule has 0 fully saturated rings. The number of para-hydroxylation sites is 2. The van der Waals surface area contributed by atoms with Crippen molar-refractivity contribution in [2.24, 2.45) is 0 Å². The Labute approximate surface area is 213 Å². The Morgan fingerprint density at radius 1 is 0.500 bits per heavy atom. The predicted octanol–water partition coefficient (Wildman–Crippen LogP) is 2.39. The molecule has 6 rings (SSSR count). The molecular weight excluding hydrogens is 378 g/mol. The zero-order valence-electron chi connectivity index (χ0n) is 18.4. The molecule has 0 saturated heterocycles.